The molecule has 1 N–H and O–H groups in total. The van der Waals surface area contributed by atoms with E-state index >= 15 is 0 Å². The van der Waals surface area contributed by atoms with Crippen molar-refractivity contribution in [3.63, 3.8) is 0 Å². The summed E-state index contributed by atoms with van der Waals surface area (Å²) in [5, 5.41) is 0.244. The molecular weight excluding hydrogens is 272 g/mol. The SMILES string of the molecule is CCC(Sc1nc(C)cc(=O)[nH]1)C(=O)c1ccccc1. The molecule has 0 spiro atoms. The summed E-state index contributed by atoms with van der Waals surface area (Å²) in [6.07, 6.45) is 0.677. The second kappa shape index (κ2) is 6.52. The summed E-state index contributed by atoms with van der Waals surface area (Å²) in [6.45, 7) is 3.71. The Balaban J connectivity index is 2.21. The molecule has 0 saturated carbocycles. The molecule has 1 unspecified atom stereocenters. The second-order valence-electron chi connectivity index (χ2n) is 4.44. The monoisotopic (exact) mass is 288 g/mol. The average molecular weight is 288 g/mol. The zero-order valence-electron chi connectivity index (χ0n) is 11.4. The molecule has 0 aliphatic rings. The van der Waals surface area contributed by atoms with Crippen LogP contribution in [0.4, 0.5) is 0 Å². The molecule has 0 bridgehead atoms. The van der Waals surface area contributed by atoms with Gasteiger partial charge < -0.3 is 4.98 Å². The van der Waals surface area contributed by atoms with Crippen molar-refractivity contribution in [3.8, 4) is 0 Å². The molecule has 1 aromatic carbocycles. The third-order valence-electron chi connectivity index (χ3n) is 2.82. The van der Waals surface area contributed by atoms with Gasteiger partial charge in [0.25, 0.3) is 5.56 Å². The largest absolute Gasteiger partial charge is 0.301 e. The predicted octanol–water partition coefficient (Wildman–Crippen LogP) is 2.83. The minimum Gasteiger partial charge on any atom is -0.301 e. The number of carbonyl (C=O) groups is 1. The van der Waals surface area contributed by atoms with Crippen molar-refractivity contribution in [2.24, 2.45) is 0 Å². The van der Waals surface area contributed by atoms with Crippen LogP contribution in [0.3, 0.4) is 0 Å². The molecule has 0 radical (unpaired) electrons. The van der Waals surface area contributed by atoms with Gasteiger partial charge in [-0.2, -0.15) is 0 Å². The molecule has 0 aliphatic carbocycles. The second-order valence-corrected chi connectivity index (χ2v) is 5.63. The summed E-state index contributed by atoms with van der Waals surface area (Å²) in [6, 6.07) is 10.6. The summed E-state index contributed by atoms with van der Waals surface area (Å²) >= 11 is 1.30. The Bertz CT molecular complexity index is 652. The van der Waals surface area contributed by atoms with Crippen LogP contribution in [0.25, 0.3) is 0 Å². The van der Waals surface area contributed by atoms with Gasteiger partial charge in [-0.1, -0.05) is 49.0 Å². The highest BCUT2D eigenvalue weighted by Crippen LogP contribution is 2.24. The van der Waals surface area contributed by atoms with Crippen molar-refractivity contribution in [1.29, 1.82) is 0 Å². The predicted molar refractivity (Wildman–Crippen MR) is 80.3 cm³/mol. The first-order chi connectivity index (χ1) is 9.60. The molecule has 0 saturated heterocycles. The Labute approximate surface area is 121 Å². The van der Waals surface area contributed by atoms with Crippen LogP contribution >= 0.6 is 11.8 Å². The molecule has 1 heterocycles. The van der Waals surface area contributed by atoms with Gasteiger partial charge in [0.15, 0.2) is 10.9 Å². The van der Waals surface area contributed by atoms with E-state index in [-0.39, 0.29) is 16.6 Å². The molecule has 4 nitrogen and oxygen atoms in total. The molecule has 0 fully saturated rings. The van der Waals surface area contributed by atoms with Crippen molar-refractivity contribution < 1.29 is 4.79 Å². The summed E-state index contributed by atoms with van der Waals surface area (Å²) in [4.78, 5) is 30.8. The van der Waals surface area contributed by atoms with Gasteiger partial charge in [-0.15, -0.1) is 0 Å². The third kappa shape index (κ3) is 3.57. The van der Waals surface area contributed by atoms with Gasteiger partial charge >= 0.3 is 0 Å². The smallest absolute Gasteiger partial charge is 0.251 e. The van der Waals surface area contributed by atoms with E-state index in [4.69, 9.17) is 0 Å². The lowest BCUT2D eigenvalue weighted by atomic mass is 10.1. The van der Waals surface area contributed by atoms with E-state index < -0.39 is 0 Å². The molecule has 2 aromatic rings. The number of nitrogens with one attached hydrogen (secondary N) is 1. The van der Waals surface area contributed by atoms with Gasteiger partial charge in [0.05, 0.1) is 5.25 Å². The maximum absolute atomic E-state index is 12.4. The molecule has 2 rings (SSSR count). The van der Waals surface area contributed by atoms with E-state index in [9.17, 15) is 9.59 Å². The van der Waals surface area contributed by atoms with E-state index in [1.807, 2.05) is 25.1 Å². The van der Waals surface area contributed by atoms with Crippen molar-refractivity contribution >= 4 is 17.5 Å². The number of H-pyrrole nitrogens is 1. The van der Waals surface area contributed by atoms with Crippen LogP contribution in [-0.4, -0.2) is 21.0 Å². The fourth-order valence-electron chi connectivity index (χ4n) is 1.85. The Morgan fingerprint density at radius 3 is 2.65 bits per heavy atom. The van der Waals surface area contributed by atoms with Crippen LogP contribution in [0.5, 0.6) is 0 Å². The number of hydrogen-bond acceptors (Lipinski definition) is 4. The van der Waals surface area contributed by atoms with Crippen LogP contribution in [0, 0.1) is 6.92 Å². The van der Waals surface area contributed by atoms with E-state index in [0.29, 0.717) is 22.8 Å². The zero-order chi connectivity index (χ0) is 14.5. The topological polar surface area (TPSA) is 62.8 Å². The van der Waals surface area contributed by atoms with Gasteiger partial charge in [-0.3, -0.25) is 9.59 Å². The minimum absolute atomic E-state index is 0.0576. The molecule has 5 heteroatoms. The number of aromatic amines is 1. The normalized spacial score (nSPS) is 12.1. The van der Waals surface area contributed by atoms with Gasteiger partial charge in [-0.25, -0.2) is 4.98 Å². The number of rotatable bonds is 5. The summed E-state index contributed by atoms with van der Waals surface area (Å²) in [5.41, 5.74) is 1.14. The number of aryl methyl sites for hydroxylation is 1. The lowest BCUT2D eigenvalue weighted by molar-refractivity contribution is 0.0988. The van der Waals surface area contributed by atoms with Gasteiger partial charge in [-0.05, 0) is 13.3 Å². The number of Topliss-reactive ketones (excluding diaryl/α,β-unsaturated/α-hetero) is 1. The van der Waals surface area contributed by atoms with Gasteiger partial charge in [0.2, 0.25) is 0 Å². The first kappa shape index (κ1) is 14.5. The Morgan fingerprint density at radius 2 is 2.05 bits per heavy atom. The average Bonchev–Trinajstić information content (AvgIpc) is 2.44. The van der Waals surface area contributed by atoms with E-state index in [0.717, 1.165) is 0 Å². The molecule has 1 aromatic heterocycles. The quantitative estimate of drug-likeness (QED) is 0.522. The van der Waals surface area contributed by atoms with Gasteiger partial charge in [0, 0.05) is 17.3 Å². The molecule has 0 aliphatic heterocycles. The van der Waals surface area contributed by atoms with Crippen LogP contribution in [0.1, 0.15) is 29.4 Å². The highest BCUT2D eigenvalue weighted by molar-refractivity contribution is 8.00. The molecule has 1 atom stereocenters. The highest BCUT2D eigenvalue weighted by Gasteiger charge is 2.20. The van der Waals surface area contributed by atoms with E-state index in [1.54, 1.807) is 19.1 Å². The number of carbonyl (C=O) groups excluding carboxylic acids is 1. The number of thioether (sulfide) groups is 1. The fourth-order valence-corrected chi connectivity index (χ4v) is 2.89. The van der Waals surface area contributed by atoms with Crippen LogP contribution in [-0.2, 0) is 0 Å². The van der Waals surface area contributed by atoms with Crippen LogP contribution in [0.15, 0.2) is 46.3 Å². The van der Waals surface area contributed by atoms with E-state index in [2.05, 4.69) is 9.97 Å². The molecule has 104 valence electrons. The Morgan fingerprint density at radius 1 is 1.35 bits per heavy atom. The van der Waals surface area contributed by atoms with Crippen LogP contribution < -0.4 is 5.56 Å². The first-order valence-electron chi connectivity index (χ1n) is 6.44. The van der Waals surface area contributed by atoms with Crippen LogP contribution in [0.2, 0.25) is 0 Å². The third-order valence-corrected chi connectivity index (χ3v) is 4.07. The number of ketones is 1. The molecular formula is C15H16N2O2S. The van der Waals surface area contributed by atoms with E-state index in [1.165, 1.54) is 17.8 Å². The Hall–Kier alpha value is -1.88. The lowest BCUT2D eigenvalue weighted by Crippen LogP contribution is -2.18. The fraction of sp³-hybridized carbons (Fsp3) is 0.267. The summed E-state index contributed by atoms with van der Waals surface area (Å²) in [5.74, 6) is 0.0576. The first-order valence-corrected chi connectivity index (χ1v) is 7.32. The number of benzene rings is 1. The maximum Gasteiger partial charge on any atom is 0.251 e. The highest BCUT2D eigenvalue weighted by atomic mass is 32.2. The molecule has 20 heavy (non-hydrogen) atoms. The van der Waals surface area contributed by atoms with Crippen molar-refractivity contribution in [1.82, 2.24) is 9.97 Å². The standard InChI is InChI=1S/C15H16N2O2S/c1-3-12(14(19)11-7-5-4-6-8-11)20-15-16-10(2)9-13(18)17-15/h4-9,12H,3H2,1-2H3,(H,16,17,18). The van der Waals surface area contributed by atoms with Crippen molar-refractivity contribution in [2.45, 2.75) is 30.7 Å². The summed E-state index contributed by atoms with van der Waals surface area (Å²) in [7, 11) is 0. The number of nitrogens with zero attached hydrogens (tertiary/aromatic N) is 1. The minimum atomic E-state index is -0.248. The molecule has 0 amide bonds. The van der Waals surface area contributed by atoms with Crippen molar-refractivity contribution in [2.75, 3.05) is 0 Å². The lowest BCUT2D eigenvalue weighted by Gasteiger charge is -2.12. The van der Waals surface area contributed by atoms with Gasteiger partial charge in [0.1, 0.15) is 0 Å². The summed E-state index contributed by atoms with van der Waals surface area (Å²) < 4.78 is 0. The van der Waals surface area contributed by atoms with Crippen molar-refractivity contribution in [3.05, 3.63) is 58.0 Å². The zero-order valence-corrected chi connectivity index (χ0v) is 12.2. The number of aromatic nitrogens is 2. The maximum atomic E-state index is 12.4. The number of hydrogen-bond donors (Lipinski definition) is 1. The Kier molecular flexibility index (Phi) is 4.74.